The van der Waals surface area contributed by atoms with E-state index < -0.39 is 5.97 Å². The van der Waals surface area contributed by atoms with Crippen molar-refractivity contribution in [3.8, 4) is 6.07 Å². The van der Waals surface area contributed by atoms with Crippen LogP contribution in [-0.2, 0) is 6.54 Å². The molecule has 0 fully saturated rings. The molecule has 0 atom stereocenters. The van der Waals surface area contributed by atoms with E-state index in [4.69, 9.17) is 10.4 Å². The Kier molecular flexibility index (Phi) is 2.37. The first kappa shape index (κ1) is 10.2. The molecule has 1 aromatic carbocycles. The first-order valence-corrected chi connectivity index (χ1v) is 4.94. The number of carboxylic acid groups (broad SMARTS) is 1. The van der Waals surface area contributed by atoms with Crippen LogP contribution in [0.4, 0.5) is 0 Å². The van der Waals surface area contributed by atoms with Crippen molar-refractivity contribution < 1.29 is 9.90 Å². The Morgan fingerprint density at radius 1 is 1.50 bits per heavy atom. The Labute approximate surface area is 92.3 Å². The molecular formula is C12H10N2O2. The highest BCUT2D eigenvalue weighted by Gasteiger charge is 2.13. The molecule has 4 heteroatoms. The van der Waals surface area contributed by atoms with Gasteiger partial charge >= 0.3 is 5.97 Å². The predicted molar refractivity (Wildman–Crippen MR) is 59.3 cm³/mol. The fourth-order valence-corrected chi connectivity index (χ4v) is 1.86. The second-order valence-electron chi connectivity index (χ2n) is 3.46. The van der Waals surface area contributed by atoms with E-state index in [9.17, 15) is 4.79 Å². The number of hydrogen-bond donors (Lipinski definition) is 1. The normalized spacial score (nSPS) is 10.2. The highest BCUT2D eigenvalue weighted by Crippen LogP contribution is 2.21. The third-order valence-corrected chi connectivity index (χ3v) is 2.57. The van der Waals surface area contributed by atoms with Gasteiger partial charge in [0.2, 0.25) is 0 Å². The Morgan fingerprint density at radius 2 is 2.25 bits per heavy atom. The third-order valence-electron chi connectivity index (χ3n) is 2.57. The van der Waals surface area contributed by atoms with Crippen LogP contribution in [0.25, 0.3) is 10.9 Å². The third kappa shape index (κ3) is 1.43. The average molecular weight is 214 g/mol. The molecule has 0 bridgehead atoms. The van der Waals surface area contributed by atoms with Crippen LogP contribution in [0, 0.1) is 11.3 Å². The minimum atomic E-state index is -0.948. The summed E-state index contributed by atoms with van der Waals surface area (Å²) < 4.78 is 1.72. The molecule has 4 nitrogen and oxygen atoms in total. The van der Waals surface area contributed by atoms with Gasteiger partial charge in [0.25, 0.3) is 0 Å². The van der Waals surface area contributed by atoms with Gasteiger partial charge in [-0.2, -0.15) is 5.26 Å². The van der Waals surface area contributed by atoms with E-state index in [1.165, 1.54) is 0 Å². The number of nitriles is 1. The molecule has 2 aromatic rings. The van der Waals surface area contributed by atoms with Crippen molar-refractivity contribution in [2.24, 2.45) is 0 Å². The lowest BCUT2D eigenvalue weighted by Gasteiger charge is -2.03. The largest absolute Gasteiger partial charge is 0.477 e. The number of rotatable bonds is 2. The zero-order chi connectivity index (χ0) is 11.7. The lowest BCUT2D eigenvalue weighted by molar-refractivity contribution is 0.0686. The van der Waals surface area contributed by atoms with Gasteiger partial charge in [0, 0.05) is 17.4 Å². The fraction of sp³-hybridized carbons (Fsp3) is 0.167. The van der Waals surface area contributed by atoms with E-state index in [0.29, 0.717) is 12.1 Å². The molecule has 0 aliphatic carbocycles. The van der Waals surface area contributed by atoms with Crippen LogP contribution in [0.1, 0.15) is 23.0 Å². The number of benzene rings is 1. The smallest absolute Gasteiger partial charge is 0.352 e. The van der Waals surface area contributed by atoms with Crippen molar-refractivity contribution in [1.29, 1.82) is 5.26 Å². The van der Waals surface area contributed by atoms with Crippen molar-refractivity contribution >= 4 is 16.9 Å². The second kappa shape index (κ2) is 3.70. The summed E-state index contributed by atoms with van der Waals surface area (Å²) in [4.78, 5) is 11.0. The van der Waals surface area contributed by atoms with Crippen LogP contribution in [0.5, 0.6) is 0 Å². The molecule has 80 valence electrons. The monoisotopic (exact) mass is 214 g/mol. The van der Waals surface area contributed by atoms with Gasteiger partial charge < -0.3 is 9.67 Å². The van der Waals surface area contributed by atoms with Gasteiger partial charge in [-0.1, -0.05) is 0 Å². The van der Waals surface area contributed by atoms with Gasteiger partial charge in [-0.05, 0) is 31.2 Å². The van der Waals surface area contributed by atoms with Crippen molar-refractivity contribution in [3.63, 3.8) is 0 Å². The standard InChI is InChI=1S/C12H10N2O2/c1-2-14-10-4-3-8(7-13)5-9(10)6-11(14)12(15)16/h3-6H,2H2,1H3,(H,15,16). The number of carboxylic acids is 1. The lowest BCUT2D eigenvalue weighted by atomic mass is 10.2. The summed E-state index contributed by atoms with van der Waals surface area (Å²) in [5.74, 6) is -0.948. The van der Waals surface area contributed by atoms with Crippen LogP contribution in [0.3, 0.4) is 0 Å². The molecule has 0 unspecified atom stereocenters. The molecule has 0 radical (unpaired) electrons. The van der Waals surface area contributed by atoms with E-state index in [1.807, 2.05) is 13.0 Å². The highest BCUT2D eigenvalue weighted by atomic mass is 16.4. The van der Waals surface area contributed by atoms with Crippen LogP contribution >= 0.6 is 0 Å². The molecule has 1 heterocycles. The average Bonchev–Trinajstić information content (AvgIpc) is 2.66. The summed E-state index contributed by atoms with van der Waals surface area (Å²) in [5.41, 5.74) is 1.64. The maximum atomic E-state index is 11.0. The molecule has 0 saturated carbocycles. The molecule has 0 spiro atoms. The second-order valence-corrected chi connectivity index (χ2v) is 3.46. The topological polar surface area (TPSA) is 66.0 Å². The molecule has 1 aromatic heterocycles. The number of hydrogen-bond acceptors (Lipinski definition) is 2. The number of carbonyl (C=O) groups is 1. The molecule has 2 rings (SSSR count). The number of aryl methyl sites for hydroxylation is 1. The summed E-state index contributed by atoms with van der Waals surface area (Å²) >= 11 is 0. The molecule has 16 heavy (non-hydrogen) atoms. The van der Waals surface area contributed by atoms with Crippen molar-refractivity contribution in [3.05, 3.63) is 35.5 Å². The Bertz CT molecular complexity index is 605. The maximum Gasteiger partial charge on any atom is 0.352 e. The zero-order valence-corrected chi connectivity index (χ0v) is 8.77. The Morgan fingerprint density at radius 3 is 2.81 bits per heavy atom. The van der Waals surface area contributed by atoms with Gasteiger partial charge in [-0.15, -0.1) is 0 Å². The minimum Gasteiger partial charge on any atom is -0.477 e. The van der Waals surface area contributed by atoms with Crippen LogP contribution in [-0.4, -0.2) is 15.6 Å². The van der Waals surface area contributed by atoms with Gasteiger partial charge in [0.15, 0.2) is 0 Å². The summed E-state index contributed by atoms with van der Waals surface area (Å²) in [6.07, 6.45) is 0. The molecule has 0 saturated heterocycles. The Hall–Kier alpha value is -2.28. The zero-order valence-electron chi connectivity index (χ0n) is 8.77. The van der Waals surface area contributed by atoms with Crippen LogP contribution < -0.4 is 0 Å². The van der Waals surface area contributed by atoms with Crippen molar-refractivity contribution in [2.45, 2.75) is 13.5 Å². The van der Waals surface area contributed by atoms with Gasteiger partial charge in [0.1, 0.15) is 5.69 Å². The number of nitrogens with zero attached hydrogens (tertiary/aromatic N) is 2. The van der Waals surface area contributed by atoms with E-state index in [1.54, 1.807) is 28.8 Å². The van der Waals surface area contributed by atoms with E-state index >= 15 is 0 Å². The molecular weight excluding hydrogens is 204 g/mol. The van der Waals surface area contributed by atoms with E-state index in [-0.39, 0.29) is 5.69 Å². The molecule has 0 amide bonds. The summed E-state index contributed by atoms with van der Waals surface area (Å²) in [6, 6.07) is 8.82. The van der Waals surface area contributed by atoms with Crippen molar-refractivity contribution in [2.75, 3.05) is 0 Å². The van der Waals surface area contributed by atoms with E-state index in [0.717, 1.165) is 10.9 Å². The Balaban J connectivity index is 2.77. The summed E-state index contributed by atoms with van der Waals surface area (Å²) in [7, 11) is 0. The van der Waals surface area contributed by atoms with Gasteiger partial charge in [-0.3, -0.25) is 0 Å². The van der Waals surface area contributed by atoms with E-state index in [2.05, 4.69) is 0 Å². The predicted octanol–water partition coefficient (Wildman–Crippen LogP) is 2.23. The van der Waals surface area contributed by atoms with Crippen LogP contribution in [0.15, 0.2) is 24.3 Å². The lowest BCUT2D eigenvalue weighted by Crippen LogP contribution is -2.06. The summed E-state index contributed by atoms with van der Waals surface area (Å²) in [6.45, 7) is 2.49. The highest BCUT2D eigenvalue weighted by molar-refractivity contribution is 5.95. The first-order chi connectivity index (χ1) is 7.67. The first-order valence-electron chi connectivity index (χ1n) is 4.94. The number of aromatic nitrogens is 1. The SMILES string of the molecule is CCn1c(C(=O)O)cc2cc(C#N)ccc21. The minimum absolute atomic E-state index is 0.257. The van der Waals surface area contributed by atoms with Gasteiger partial charge in [-0.25, -0.2) is 4.79 Å². The number of aromatic carboxylic acids is 1. The van der Waals surface area contributed by atoms with Gasteiger partial charge in [0.05, 0.1) is 11.6 Å². The van der Waals surface area contributed by atoms with Crippen molar-refractivity contribution in [1.82, 2.24) is 4.57 Å². The summed E-state index contributed by atoms with van der Waals surface area (Å²) in [5, 5.41) is 18.6. The van der Waals surface area contributed by atoms with Crippen LogP contribution in [0.2, 0.25) is 0 Å². The quantitative estimate of drug-likeness (QED) is 0.833. The molecule has 1 N–H and O–H groups in total. The molecule has 0 aliphatic rings. The maximum absolute atomic E-state index is 11.0. The fourth-order valence-electron chi connectivity index (χ4n) is 1.86. The number of fused-ring (bicyclic) bond motifs is 1. The molecule has 0 aliphatic heterocycles.